The normalized spacial score (nSPS) is 11.7. The minimum Gasteiger partial charge on any atom is -0.478 e. The van der Waals surface area contributed by atoms with E-state index in [1.807, 2.05) is 42.5 Å². The highest BCUT2D eigenvalue weighted by Crippen LogP contribution is 2.31. The van der Waals surface area contributed by atoms with Crippen LogP contribution >= 0.6 is 15.9 Å². The van der Waals surface area contributed by atoms with Gasteiger partial charge in [-0.2, -0.15) is 0 Å². The highest BCUT2D eigenvalue weighted by molar-refractivity contribution is 9.10. The van der Waals surface area contributed by atoms with Crippen LogP contribution in [0.2, 0.25) is 0 Å². The second-order valence-electron chi connectivity index (χ2n) is 6.23. The van der Waals surface area contributed by atoms with Crippen molar-refractivity contribution in [1.82, 2.24) is 0 Å². The fraction of sp³-hybridized carbons (Fsp3) is 0.211. The number of ether oxygens (including phenoxy) is 1. The summed E-state index contributed by atoms with van der Waals surface area (Å²) in [4.78, 5) is 10.7. The van der Waals surface area contributed by atoms with Crippen LogP contribution in [0.25, 0.3) is 6.08 Å². The van der Waals surface area contributed by atoms with Crippen LogP contribution in [0.4, 0.5) is 0 Å². The number of benzene rings is 2. The molecule has 0 aliphatic carbocycles. The molecule has 1 N–H and O–H groups in total. The Kier molecular flexibility index (Phi) is 5.26. The molecule has 0 radical (unpaired) electrons. The highest BCUT2D eigenvalue weighted by Gasteiger charge is 2.13. The maximum atomic E-state index is 10.7. The molecular weight excluding hydrogens is 356 g/mol. The molecule has 4 heteroatoms. The summed E-state index contributed by atoms with van der Waals surface area (Å²) in [7, 11) is 0. The first-order chi connectivity index (χ1) is 10.8. The summed E-state index contributed by atoms with van der Waals surface area (Å²) in [5.74, 6) is 0.315. The van der Waals surface area contributed by atoms with Gasteiger partial charge in [0.15, 0.2) is 0 Å². The molecule has 120 valence electrons. The molecule has 2 rings (SSSR count). The molecule has 0 fully saturated rings. The first kappa shape index (κ1) is 17.3. The first-order valence-corrected chi connectivity index (χ1v) is 8.04. The quantitative estimate of drug-likeness (QED) is 0.704. The lowest BCUT2D eigenvalue weighted by molar-refractivity contribution is -0.131. The Labute approximate surface area is 144 Å². The van der Waals surface area contributed by atoms with Crippen molar-refractivity contribution in [3.05, 3.63) is 64.1 Å². The van der Waals surface area contributed by atoms with Crippen LogP contribution in [0.1, 0.15) is 31.9 Å². The van der Waals surface area contributed by atoms with E-state index in [0.29, 0.717) is 17.1 Å². The minimum absolute atomic E-state index is 0.0870. The van der Waals surface area contributed by atoms with Gasteiger partial charge in [0.1, 0.15) is 11.5 Å². The number of halogens is 1. The fourth-order valence-corrected chi connectivity index (χ4v) is 2.39. The zero-order chi connectivity index (χ0) is 17.0. The summed E-state index contributed by atoms with van der Waals surface area (Å²) in [6, 6.07) is 13.4. The maximum absolute atomic E-state index is 10.7. The van der Waals surface area contributed by atoms with Crippen molar-refractivity contribution in [2.75, 3.05) is 0 Å². The van der Waals surface area contributed by atoms with Crippen LogP contribution in [-0.2, 0) is 10.2 Å². The van der Waals surface area contributed by atoms with Gasteiger partial charge in [-0.15, -0.1) is 0 Å². The van der Waals surface area contributed by atoms with Crippen molar-refractivity contribution >= 4 is 28.0 Å². The largest absolute Gasteiger partial charge is 0.478 e. The van der Waals surface area contributed by atoms with Crippen LogP contribution in [-0.4, -0.2) is 11.1 Å². The van der Waals surface area contributed by atoms with Crippen LogP contribution in [0.15, 0.2) is 53.0 Å². The fourth-order valence-electron chi connectivity index (χ4n) is 2.05. The Balaban J connectivity index is 2.28. The summed E-state index contributed by atoms with van der Waals surface area (Å²) < 4.78 is 6.78. The summed E-state index contributed by atoms with van der Waals surface area (Å²) in [6.07, 6.45) is 2.62. The van der Waals surface area contributed by atoms with E-state index in [0.717, 1.165) is 10.5 Å². The van der Waals surface area contributed by atoms with Gasteiger partial charge in [-0.05, 0) is 41.3 Å². The summed E-state index contributed by atoms with van der Waals surface area (Å²) in [5.41, 5.74) is 2.02. The van der Waals surface area contributed by atoms with Crippen LogP contribution in [0, 0.1) is 0 Å². The van der Waals surface area contributed by atoms with Crippen molar-refractivity contribution in [1.29, 1.82) is 0 Å². The van der Waals surface area contributed by atoms with E-state index in [9.17, 15) is 4.79 Å². The van der Waals surface area contributed by atoms with Crippen molar-refractivity contribution in [2.45, 2.75) is 26.2 Å². The third-order valence-corrected chi connectivity index (χ3v) is 3.82. The molecule has 0 unspecified atom stereocenters. The first-order valence-electron chi connectivity index (χ1n) is 7.25. The molecule has 2 aromatic carbocycles. The predicted octanol–water partition coefficient (Wildman–Crippen LogP) is 5.64. The molecule has 0 amide bonds. The molecule has 0 aliphatic heterocycles. The van der Waals surface area contributed by atoms with Crippen LogP contribution in [0.5, 0.6) is 11.5 Å². The van der Waals surface area contributed by atoms with Crippen molar-refractivity contribution in [2.24, 2.45) is 0 Å². The molecule has 0 saturated carbocycles. The van der Waals surface area contributed by atoms with Gasteiger partial charge >= 0.3 is 5.97 Å². The molecule has 23 heavy (non-hydrogen) atoms. The van der Waals surface area contributed by atoms with Crippen molar-refractivity contribution < 1.29 is 14.6 Å². The number of carboxylic acid groups (broad SMARTS) is 1. The molecule has 0 saturated heterocycles. The number of carboxylic acids is 1. The lowest BCUT2D eigenvalue weighted by atomic mass is 9.87. The number of hydrogen-bond acceptors (Lipinski definition) is 2. The molecule has 0 spiro atoms. The molecule has 3 nitrogen and oxygen atoms in total. The molecule has 0 atom stereocenters. The van der Waals surface area contributed by atoms with E-state index in [1.54, 1.807) is 0 Å². The lowest BCUT2D eigenvalue weighted by Crippen LogP contribution is -2.10. The van der Waals surface area contributed by atoms with E-state index in [4.69, 9.17) is 9.84 Å². The van der Waals surface area contributed by atoms with E-state index >= 15 is 0 Å². The van der Waals surface area contributed by atoms with Crippen LogP contribution < -0.4 is 4.74 Å². The van der Waals surface area contributed by atoms with Gasteiger partial charge in [0.05, 0.1) is 0 Å². The number of aliphatic carboxylic acids is 1. The van der Waals surface area contributed by atoms with E-state index in [1.165, 1.54) is 11.6 Å². The minimum atomic E-state index is -0.992. The molecule has 0 aliphatic rings. The van der Waals surface area contributed by atoms with Crippen molar-refractivity contribution in [3.8, 4) is 11.5 Å². The standard InChI is InChI=1S/C19H19BrO3/c1-19(2,3)14-6-9-16(10-7-14)23-17-12-15(20)8-4-13(17)5-11-18(21)22/h4-12H,1-3H3,(H,21,22). The maximum Gasteiger partial charge on any atom is 0.328 e. The molecule has 0 aromatic heterocycles. The van der Waals surface area contributed by atoms with E-state index in [-0.39, 0.29) is 5.41 Å². The SMILES string of the molecule is CC(C)(C)c1ccc(Oc2cc(Br)ccc2C=CC(=O)O)cc1. The average Bonchev–Trinajstić information content (AvgIpc) is 2.46. The Morgan fingerprint density at radius 3 is 2.35 bits per heavy atom. The summed E-state index contributed by atoms with van der Waals surface area (Å²) in [6.45, 7) is 6.48. The lowest BCUT2D eigenvalue weighted by Gasteiger charge is -2.19. The number of rotatable bonds is 4. The zero-order valence-corrected chi connectivity index (χ0v) is 14.9. The van der Waals surface area contributed by atoms with Gasteiger partial charge in [0, 0.05) is 16.1 Å². The van der Waals surface area contributed by atoms with Gasteiger partial charge in [0.25, 0.3) is 0 Å². The van der Waals surface area contributed by atoms with Crippen LogP contribution in [0.3, 0.4) is 0 Å². The Hall–Kier alpha value is -2.07. The average molecular weight is 375 g/mol. The Morgan fingerprint density at radius 1 is 1.13 bits per heavy atom. The second kappa shape index (κ2) is 7.01. The predicted molar refractivity (Wildman–Crippen MR) is 96.0 cm³/mol. The van der Waals surface area contributed by atoms with Gasteiger partial charge in [0.2, 0.25) is 0 Å². The van der Waals surface area contributed by atoms with E-state index < -0.39 is 5.97 Å². The number of hydrogen-bond donors (Lipinski definition) is 1. The zero-order valence-electron chi connectivity index (χ0n) is 13.3. The molecule has 0 bridgehead atoms. The monoisotopic (exact) mass is 374 g/mol. The van der Waals surface area contributed by atoms with E-state index in [2.05, 4.69) is 36.7 Å². The van der Waals surface area contributed by atoms with Gasteiger partial charge in [-0.3, -0.25) is 0 Å². The highest BCUT2D eigenvalue weighted by atomic mass is 79.9. The Morgan fingerprint density at radius 2 is 1.78 bits per heavy atom. The van der Waals surface area contributed by atoms with Crippen molar-refractivity contribution in [3.63, 3.8) is 0 Å². The topological polar surface area (TPSA) is 46.5 Å². The third-order valence-electron chi connectivity index (χ3n) is 3.33. The van der Waals surface area contributed by atoms with Gasteiger partial charge in [-0.1, -0.05) is 54.9 Å². The third kappa shape index (κ3) is 4.96. The number of carbonyl (C=O) groups is 1. The van der Waals surface area contributed by atoms with Gasteiger partial charge in [-0.25, -0.2) is 4.79 Å². The van der Waals surface area contributed by atoms with Gasteiger partial charge < -0.3 is 9.84 Å². The molecule has 0 heterocycles. The molecular formula is C19H19BrO3. The summed E-state index contributed by atoms with van der Waals surface area (Å²) >= 11 is 3.41. The molecule has 2 aromatic rings. The smallest absolute Gasteiger partial charge is 0.328 e. The summed E-state index contributed by atoms with van der Waals surface area (Å²) in [5, 5.41) is 8.78. The second-order valence-corrected chi connectivity index (χ2v) is 7.15. The Bertz CT molecular complexity index is 725.